The molecule has 0 saturated carbocycles. The van der Waals surface area contributed by atoms with E-state index in [2.05, 4.69) is 15.9 Å². The maximum absolute atomic E-state index is 13.1. The molecule has 0 bridgehead atoms. The maximum Gasteiger partial charge on any atom is 0.271 e. The van der Waals surface area contributed by atoms with Crippen LogP contribution in [0.5, 0.6) is 5.75 Å². The van der Waals surface area contributed by atoms with Crippen molar-refractivity contribution in [1.29, 1.82) is 0 Å². The standard InChI is InChI=1S/C18H11BrN2O3S2/c1-20-13-6-5-9(19)7-12(13)14(16(20)23)15-17(24)21(18(25)26-15)10-3-2-4-11(22)8-10/h2-8,22H,1H3. The Labute approximate surface area is 167 Å². The quantitative estimate of drug-likeness (QED) is 0.531. The molecule has 0 atom stereocenters. The number of rotatable bonds is 1. The number of aromatic hydroxyl groups is 1. The fourth-order valence-corrected chi connectivity index (χ4v) is 4.72. The van der Waals surface area contributed by atoms with E-state index >= 15 is 0 Å². The zero-order valence-electron chi connectivity index (χ0n) is 13.4. The summed E-state index contributed by atoms with van der Waals surface area (Å²) in [6, 6.07) is 11.8. The van der Waals surface area contributed by atoms with Gasteiger partial charge in [0.15, 0.2) is 4.32 Å². The summed E-state index contributed by atoms with van der Waals surface area (Å²) in [5, 5.41) is 9.69. The van der Waals surface area contributed by atoms with E-state index < -0.39 is 0 Å². The number of thioether (sulfide) groups is 1. The molecule has 5 nitrogen and oxygen atoms in total. The lowest BCUT2D eigenvalue weighted by Gasteiger charge is -2.14. The Morgan fingerprint density at radius 1 is 1.12 bits per heavy atom. The van der Waals surface area contributed by atoms with Crippen LogP contribution in [0.15, 0.2) is 51.8 Å². The van der Waals surface area contributed by atoms with Crippen molar-refractivity contribution in [2.45, 2.75) is 0 Å². The zero-order chi connectivity index (χ0) is 18.6. The number of halogens is 1. The average Bonchev–Trinajstić information content (AvgIpc) is 3.01. The first-order valence-corrected chi connectivity index (χ1v) is 9.58. The minimum Gasteiger partial charge on any atom is -0.508 e. The van der Waals surface area contributed by atoms with E-state index in [4.69, 9.17) is 12.2 Å². The van der Waals surface area contributed by atoms with Crippen LogP contribution in [0, 0.1) is 0 Å². The van der Waals surface area contributed by atoms with Gasteiger partial charge in [-0.1, -0.05) is 46.0 Å². The third-order valence-electron chi connectivity index (χ3n) is 4.19. The molecule has 0 aromatic heterocycles. The monoisotopic (exact) mass is 446 g/mol. The number of fused-ring (bicyclic) bond motifs is 1. The van der Waals surface area contributed by atoms with Crippen molar-refractivity contribution in [1.82, 2.24) is 0 Å². The van der Waals surface area contributed by atoms with E-state index in [0.29, 0.717) is 26.0 Å². The smallest absolute Gasteiger partial charge is 0.271 e. The minimum absolute atomic E-state index is 0.0372. The van der Waals surface area contributed by atoms with E-state index in [-0.39, 0.29) is 17.6 Å². The number of likely N-dealkylation sites (N-methyl/N-ethyl adjacent to an activating group) is 1. The zero-order valence-corrected chi connectivity index (χ0v) is 16.6. The van der Waals surface area contributed by atoms with Crippen LogP contribution in [0.4, 0.5) is 11.4 Å². The number of carbonyl (C=O) groups is 2. The van der Waals surface area contributed by atoms with Crippen LogP contribution in [0.2, 0.25) is 0 Å². The molecule has 2 heterocycles. The number of phenolic OH excluding ortho intramolecular Hbond substituents is 1. The van der Waals surface area contributed by atoms with Crippen LogP contribution < -0.4 is 9.80 Å². The fraction of sp³-hybridized carbons (Fsp3) is 0.0556. The van der Waals surface area contributed by atoms with E-state index in [0.717, 1.165) is 21.9 Å². The van der Waals surface area contributed by atoms with Gasteiger partial charge in [0.1, 0.15) is 5.75 Å². The van der Waals surface area contributed by atoms with Gasteiger partial charge in [-0.05, 0) is 30.3 Å². The highest BCUT2D eigenvalue weighted by atomic mass is 79.9. The van der Waals surface area contributed by atoms with E-state index in [1.54, 1.807) is 19.2 Å². The molecule has 1 saturated heterocycles. The van der Waals surface area contributed by atoms with Crippen molar-refractivity contribution >= 4 is 73.0 Å². The molecular weight excluding hydrogens is 436 g/mol. The predicted octanol–water partition coefficient (Wildman–Crippen LogP) is 3.91. The highest BCUT2D eigenvalue weighted by Crippen LogP contribution is 2.45. The van der Waals surface area contributed by atoms with Crippen molar-refractivity contribution in [3.8, 4) is 5.75 Å². The number of benzene rings is 2. The Hall–Kier alpha value is -2.16. The van der Waals surface area contributed by atoms with Crippen molar-refractivity contribution < 1.29 is 14.7 Å². The highest BCUT2D eigenvalue weighted by Gasteiger charge is 2.41. The normalized spacial score (nSPS) is 19.5. The second kappa shape index (κ2) is 6.22. The number of nitrogens with zero attached hydrogens (tertiary/aromatic N) is 2. The molecule has 2 amide bonds. The van der Waals surface area contributed by atoms with Crippen molar-refractivity contribution in [2.24, 2.45) is 0 Å². The molecule has 2 aromatic carbocycles. The first kappa shape index (κ1) is 17.3. The van der Waals surface area contributed by atoms with Crippen molar-refractivity contribution in [2.75, 3.05) is 16.8 Å². The number of anilines is 2. The number of phenols is 1. The Kier molecular flexibility index (Phi) is 4.13. The van der Waals surface area contributed by atoms with Crippen molar-refractivity contribution in [3.63, 3.8) is 0 Å². The predicted molar refractivity (Wildman–Crippen MR) is 110 cm³/mol. The summed E-state index contributed by atoms with van der Waals surface area (Å²) < 4.78 is 1.14. The molecule has 4 rings (SSSR count). The third-order valence-corrected chi connectivity index (χ3v) is 6.06. The van der Waals surface area contributed by atoms with E-state index in [1.165, 1.54) is 21.9 Å². The van der Waals surface area contributed by atoms with Crippen LogP contribution in [0.25, 0.3) is 5.57 Å². The number of hydrogen-bond acceptors (Lipinski definition) is 5. The third kappa shape index (κ3) is 2.56. The summed E-state index contributed by atoms with van der Waals surface area (Å²) in [6.45, 7) is 0. The summed E-state index contributed by atoms with van der Waals surface area (Å²) in [6.07, 6.45) is 0. The van der Waals surface area contributed by atoms with E-state index in [1.807, 2.05) is 18.2 Å². The Morgan fingerprint density at radius 2 is 1.88 bits per heavy atom. The van der Waals surface area contributed by atoms with Gasteiger partial charge in [-0.15, -0.1) is 0 Å². The van der Waals surface area contributed by atoms with Crippen LogP contribution in [-0.4, -0.2) is 28.3 Å². The van der Waals surface area contributed by atoms with E-state index in [9.17, 15) is 14.7 Å². The van der Waals surface area contributed by atoms with Gasteiger partial charge in [-0.25, -0.2) is 0 Å². The maximum atomic E-state index is 13.1. The van der Waals surface area contributed by atoms with Gasteiger partial charge in [0.2, 0.25) is 0 Å². The topological polar surface area (TPSA) is 60.9 Å². The highest BCUT2D eigenvalue weighted by molar-refractivity contribution is 9.10. The largest absolute Gasteiger partial charge is 0.508 e. The Morgan fingerprint density at radius 3 is 2.62 bits per heavy atom. The molecule has 0 unspecified atom stereocenters. The van der Waals surface area contributed by atoms with Gasteiger partial charge in [0, 0.05) is 23.2 Å². The van der Waals surface area contributed by atoms with Gasteiger partial charge in [0.05, 0.1) is 21.9 Å². The lowest BCUT2D eigenvalue weighted by Crippen LogP contribution is -2.28. The molecule has 2 aliphatic rings. The molecule has 2 aromatic rings. The summed E-state index contributed by atoms with van der Waals surface area (Å²) in [4.78, 5) is 29.0. The summed E-state index contributed by atoms with van der Waals surface area (Å²) >= 11 is 9.88. The molecule has 1 N–H and O–H groups in total. The molecular formula is C18H11BrN2O3S2. The second-order valence-electron chi connectivity index (χ2n) is 5.76. The summed E-state index contributed by atoms with van der Waals surface area (Å²) in [7, 11) is 1.68. The molecule has 2 aliphatic heterocycles. The van der Waals surface area contributed by atoms with Crippen LogP contribution in [0.1, 0.15) is 5.56 Å². The molecule has 0 radical (unpaired) electrons. The second-order valence-corrected chi connectivity index (χ2v) is 8.32. The minimum atomic E-state index is -0.366. The van der Waals surface area contributed by atoms with Gasteiger partial charge in [-0.3, -0.25) is 14.5 Å². The van der Waals surface area contributed by atoms with Gasteiger partial charge >= 0.3 is 0 Å². The molecule has 1 fully saturated rings. The average molecular weight is 447 g/mol. The lowest BCUT2D eigenvalue weighted by molar-refractivity contribution is -0.115. The first-order chi connectivity index (χ1) is 12.4. The molecule has 130 valence electrons. The van der Waals surface area contributed by atoms with Gasteiger partial charge in [-0.2, -0.15) is 0 Å². The SMILES string of the molecule is CN1C(=O)C(=C2SC(=S)N(c3cccc(O)c3)C2=O)c2cc(Br)ccc21. The summed E-state index contributed by atoms with van der Waals surface area (Å²) in [5.41, 5.74) is 2.26. The molecule has 0 aliphatic carbocycles. The first-order valence-electron chi connectivity index (χ1n) is 7.56. The van der Waals surface area contributed by atoms with Gasteiger partial charge < -0.3 is 10.0 Å². The molecule has 8 heteroatoms. The number of amides is 2. The Bertz CT molecular complexity index is 1030. The van der Waals surface area contributed by atoms with Gasteiger partial charge in [0.25, 0.3) is 11.8 Å². The van der Waals surface area contributed by atoms with Crippen LogP contribution in [-0.2, 0) is 9.59 Å². The number of thiocarbonyl (C=S) groups is 1. The van der Waals surface area contributed by atoms with Crippen LogP contribution >= 0.6 is 39.9 Å². The summed E-state index contributed by atoms with van der Waals surface area (Å²) in [5.74, 6) is -0.570. The molecule has 26 heavy (non-hydrogen) atoms. The number of hydrogen-bond donors (Lipinski definition) is 1. The van der Waals surface area contributed by atoms with Crippen LogP contribution in [0.3, 0.4) is 0 Å². The fourth-order valence-electron chi connectivity index (χ4n) is 2.99. The lowest BCUT2D eigenvalue weighted by atomic mass is 10.1. The van der Waals surface area contributed by atoms with Crippen molar-refractivity contribution in [3.05, 3.63) is 57.4 Å². The Balaban J connectivity index is 1.87. The number of carbonyl (C=O) groups excluding carboxylic acids is 2. The molecule has 0 spiro atoms.